The van der Waals surface area contributed by atoms with Gasteiger partial charge in [-0.15, -0.1) is 11.3 Å². The van der Waals surface area contributed by atoms with Crippen LogP contribution >= 0.6 is 11.3 Å². The lowest BCUT2D eigenvalue weighted by Crippen LogP contribution is -2.37. The van der Waals surface area contributed by atoms with Gasteiger partial charge in [0.25, 0.3) is 0 Å². The highest BCUT2D eigenvalue weighted by Gasteiger charge is 2.18. The Morgan fingerprint density at radius 2 is 2.43 bits per heavy atom. The SMILES string of the molecule is CCC(NC(C)c1cccs1)C(=O)O. The molecule has 0 bridgehead atoms. The smallest absolute Gasteiger partial charge is 0.320 e. The van der Waals surface area contributed by atoms with Crippen LogP contribution in [0.4, 0.5) is 0 Å². The summed E-state index contributed by atoms with van der Waals surface area (Å²) in [7, 11) is 0. The second-order valence-corrected chi connectivity index (χ2v) is 4.18. The van der Waals surface area contributed by atoms with Crippen molar-refractivity contribution in [1.29, 1.82) is 0 Å². The largest absolute Gasteiger partial charge is 0.480 e. The molecule has 0 aliphatic heterocycles. The lowest BCUT2D eigenvalue weighted by molar-refractivity contribution is -0.139. The average molecular weight is 213 g/mol. The first-order chi connectivity index (χ1) is 6.65. The van der Waals surface area contributed by atoms with Gasteiger partial charge in [0.15, 0.2) is 0 Å². The molecule has 0 saturated carbocycles. The van der Waals surface area contributed by atoms with Crippen LogP contribution in [0, 0.1) is 0 Å². The van der Waals surface area contributed by atoms with Crippen LogP contribution in [0.5, 0.6) is 0 Å². The highest BCUT2D eigenvalue weighted by molar-refractivity contribution is 7.10. The molecule has 3 nitrogen and oxygen atoms in total. The topological polar surface area (TPSA) is 49.3 Å². The van der Waals surface area contributed by atoms with E-state index in [0.717, 1.165) is 0 Å². The number of carbonyl (C=O) groups is 1. The molecule has 0 aromatic carbocycles. The third kappa shape index (κ3) is 2.82. The van der Waals surface area contributed by atoms with E-state index in [1.165, 1.54) is 4.88 Å². The van der Waals surface area contributed by atoms with Crippen molar-refractivity contribution in [3.63, 3.8) is 0 Å². The Labute approximate surface area is 87.8 Å². The van der Waals surface area contributed by atoms with E-state index in [1.807, 2.05) is 31.4 Å². The Kier molecular flexibility index (Phi) is 4.10. The number of thiophene rings is 1. The zero-order chi connectivity index (χ0) is 10.6. The monoisotopic (exact) mass is 213 g/mol. The van der Waals surface area contributed by atoms with Gasteiger partial charge in [0.05, 0.1) is 0 Å². The van der Waals surface area contributed by atoms with E-state index in [4.69, 9.17) is 5.11 Å². The quantitative estimate of drug-likeness (QED) is 0.788. The van der Waals surface area contributed by atoms with Gasteiger partial charge in [0.1, 0.15) is 6.04 Å². The van der Waals surface area contributed by atoms with Crippen LogP contribution in [0.15, 0.2) is 17.5 Å². The van der Waals surface area contributed by atoms with E-state index >= 15 is 0 Å². The van der Waals surface area contributed by atoms with Crippen LogP contribution in [-0.4, -0.2) is 17.1 Å². The third-order valence-electron chi connectivity index (χ3n) is 2.13. The number of aliphatic carboxylic acids is 1. The van der Waals surface area contributed by atoms with Gasteiger partial charge < -0.3 is 5.11 Å². The van der Waals surface area contributed by atoms with Gasteiger partial charge in [-0.2, -0.15) is 0 Å². The maximum absolute atomic E-state index is 10.8. The molecular weight excluding hydrogens is 198 g/mol. The highest BCUT2D eigenvalue weighted by atomic mass is 32.1. The zero-order valence-corrected chi connectivity index (χ0v) is 9.17. The average Bonchev–Trinajstić information content (AvgIpc) is 2.65. The van der Waals surface area contributed by atoms with E-state index in [0.29, 0.717) is 6.42 Å². The second kappa shape index (κ2) is 5.12. The first-order valence-corrected chi connectivity index (χ1v) is 5.55. The van der Waals surface area contributed by atoms with Gasteiger partial charge in [-0.25, -0.2) is 0 Å². The fraction of sp³-hybridized carbons (Fsp3) is 0.500. The maximum atomic E-state index is 10.8. The highest BCUT2D eigenvalue weighted by Crippen LogP contribution is 2.18. The summed E-state index contributed by atoms with van der Waals surface area (Å²) in [5, 5.41) is 13.9. The minimum atomic E-state index is -0.782. The van der Waals surface area contributed by atoms with Crippen molar-refractivity contribution in [3.8, 4) is 0 Å². The number of carboxylic acid groups (broad SMARTS) is 1. The summed E-state index contributed by atoms with van der Waals surface area (Å²) in [6, 6.07) is 3.64. The predicted molar refractivity (Wildman–Crippen MR) is 57.6 cm³/mol. The van der Waals surface area contributed by atoms with Crippen molar-refractivity contribution in [2.45, 2.75) is 32.4 Å². The van der Waals surface area contributed by atoms with Crippen molar-refractivity contribution in [2.24, 2.45) is 0 Å². The molecule has 2 N–H and O–H groups in total. The van der Waals surface area contributed by atoms with Crippen molar-refractivity contribution >= 4 is 17.3 Å². The van der Waals surface area contributed by atoms with Crippen molar-refractivity contribution in [1.82, 2.24) is 5.32 Å². The van der Waals surface area contributed by atoms with Crippen LogP contribution < -0.4 is 5.32 Å². The van der Waals surface area contributed by atoms with Crippen LogP contribution in [-0.2, 0) is 4.79 Å². The summed E-state index contributed by atoms with van der Waals surface area (Å²) in [6.07, 6.45) is 0.602. The Balaban J connectivity index is 2.55. The Morgan fingerprint density at radius 3 is 2.86 bits per heavy atom. The van der Waals surface area contributed by atoms with Gasteiger partial charge in [-0.05, 0) is 24.8 Å². The molecule has 78 valence electrons. The molecule has 0 aliphatic rings. The standard InChI is InChI=1S/C10H15NO2S/c1-3-8(10(12)13)11-7(2)9-5-4-6-14-9/h4-8,11H,3H2,1-2H3,(H,12,13). The van der Waals surface area contributed by atoms with Gasteiger partial charge in [-0.1, -0.05) is 13.0 Å². The van der Waals surface area contributed by atoms with E-state index in [9.17, 15) is 4.79 Å². The summed E-state index contributed by atoms with van der Waals surface area (Å²) >= 11 is 1.64. The fourth-order valence-electron chi connectivity index (χ4n) is 1.29. The van der Waals surface area contributed by atoms with Gasteiger partial charge >= 0.3 is 5.97 Å². The van der Waals surface area contributed by atoms with Crippen molar-refractivity contribution in [2.75, 3.05) is 0 Å². The fourth-order valence-corrected chi connectivity index (χ4v) is 2.03. The molecule has 14 heavy (non-hydrogen) atoms. The molecule has 4 heteroatoms. The minimum absolute atomic E-state index is 0.107. The summed E-state index contributed by atoms with van der Waals surface area (Å²) in [6.45, 7) is 3.85. The number of rotatable bonds is 5. The molecule has 0 fully saturated rings. The van der Waals surface area contributed by atoms with Gasteiger partial charge in [-0.3, -0.25) is 10.1 Å². The minimum Gasteiger partial charge on any atom is -0.480 e. The van der Waals surface area contributed by atoms with E-state index in [2.05, 4.69) is 5.32 Å². The van der Waals surface area contributed by atoms with Crippen molar-refractivity contribution < 1.29 is 9.90 Å². The van der Waals surface area contributed by atoms with Gasteiger partial charge in [0.2, 0.25) is 0 Å². The van der Waals surface area contributed by atoms with Gasteiger partial charge in [0, 0.05) is 10.9 Å². The first-order valence-electron chi connectivity index (χ1n) is 4.67. The molecule has 0 saturated heterocycles. The summed E-state index contributed by atoms with van der Waals surface area (Å²) in [4.78, 5) is 11.9. The number of carboxylic acids is 1. The Bertz CT molecular complexity index is 284. The first kappa shape index (κ1) is 11.2. The maximum Gasteiger partial charge on any atom is 0.320 e. The molecule has 1 heterocycles. The lowest BCUT2D eigenvalue weighted by atomic mass is 10.2. The Hall–Kier alpha value is -0.870. The molecule has 2 atom stereocenters. The predicted octanol–water partition coefficient (Wildman–Crippen LogP) is 2.26. The Morgan fingerprint density at radius 1 is 1.71 bits per heavy atom. The third-order valence-corrected chi connectivity index (χ3v) is 3.18. The zero-order valence-electron chi connectivity index (χ0n) is 8.36. The molecule has 0 radical (unpaired) electrons. The number of hydrogen-bond acceptors (Lipinski definition) is 3. The van der Waals surface area contributed by atoms with E-state index in [-0.39, 0.29) is 6.04 Å². The lowest BCUT2D eigenvalue weighted by Gasteiger charge is -2.17. The number of nitrogens with one attached hydrogen (secondary N) is 1. The van der Waals surface area contributed by atoms with Crippen molar-refractivity contribution in [3.05, 3.63) is 22.4 Å². The molecule has 2 unspecified atom stereocenters. The molecule has 0 amide bonds. The molecular formula is C10H15NO2S. The molecule has 0 aliphatic carbocycles. The summed E-state index contributed by atoms with van der Waals surface area (Å²) < 4.78 is 0. The molecule has 0 spiro atoms. The van der Waals surface area contributed by atoms with Crippen LogP contribution in [0.25, 0.3) is 0 Å². The molecule has 1 aromatic rings. The van der Waals surface area contributed by atoms with Crippen LogP contribution in [0.1, 0.15) is 31.2 Å². The van der Waals surface area contributed by atoms with Crippen LogP contribution in [0.2, 0.25) is 0 Å². The summed E-state index contributed by atoms with van der Waals surface area (Å²) in [5.41, 5.74) is 0. The number of hydrogen-bond donors (Lipinski definition) is 2. The summed E-state index contributed by atoms with van der Waals surface area (Å²) in [5.74, 6) is -0.782. The van der Waals surface area contributed by atoms with Crippen LogP contribution in [0.3, 0.4) is 0 Å². The molecule has 1 rings (SSSR count). The normalized spacial score (nSPS) is 15.0. The molecule has 1 aromatic heterocycles. The van der Waals surface area contributed by atoms with E-state index in [1.54, 1.807) is 11.3 Å². The second-order valence-electron chi connectivity index (χ2n) is 3.20. The van der Waals surface area contributed by atoms with E-state index < -0.39 is 12.0 Å².